The van der Waals surface area contributed by atoms with Crippen LogP contribution in [0.4, 0.5) is 0 Å². The fourth-order valence-corrected chi connectivity index (χ4v) is 0.948. The van der Waals surface area contributed by atoms with Crippen molar-refractivity contribution in [2.75, 3.05) is 5.88 Å². The van der Waals surface area contributed by atoms with Crippen LogP contribution in [0.2, 0.25) is 0 Å². The largest absolute Gasteiger partial charge is 0.298 e. The molecule has 0 saturated carbocycles. The molecule has 0 fully saturated rings. The van der Waals surface area contributed by atoms with Crippen LogP contribution in [0, 0.1) is 13.7 Å². The number of alkyl halides is 1. The standard InChI is InChI=1S/C11H13ClO/c1-8-4-3-5-9(2)11(8)6-10(13)7-12/h3-5H,6-7H2,1-2H3/i1D3,2D3,3D,4D,5D. The van der Waals surface area contributed by atoms with E-state index in [2.05, 4.69) is 0 Å². The molecule has 0 spiro atoms. The predicted octanol–water partition coefficient (Wildman–Crippen LogP) is 2.65. The lowest BCUT2D eigenvalue weighted by Gasteiger charge is -2.07. The highest BCUT2D eigenvalue weighted by atomic mass is 35.5. The number of rotatable bonds is 3. The van der Waals surface area contributed by atoms with Crippen molar-refractivity contribution in [2.24, 2.45) is 0 Å². The third-order valence-electron chi connectivity index (χ3n) is 1.50. The van der Waals surface area contributed by atoms with Crippen LogP contribution in [0.1, 0.15) is 29.0 Å². The quantitative estimate of drug-likeness (QED) is 0.694. The maximum atomic E-state index is 11.6. The minimum Gasteiger partial charge on any atom is -0.298 e. The fraction of sp³-hybridized carbons (Fsp3) is 0.364. The molecular formula is C11H13ClO. The topological polar surface area (TPSA) is 17.1 Å². The van der Waals surface area contributed by atoms with Crippen molar-refractivity contribution in [3.05, 3.63) is 34.8 Å². The van der Waals surface area contributed by atoms with Crippen LogP contribution >= 0.6 is 11.6 Å². The van der Waals surface area contributed by atoms with Crippen molar-refractivity contribution < 1.29 is 17.1 Å². The van der Waals surface area contributed by atoms with E-state index >= 15 is 0 Å². The Labute approximate surface area is 96.4 Å². The molecule has 0 unspecified atom stereocenters. The van der Waals surface area contributed by atoms with Crippen LogP contribution < -0.4 is 0 Å². The lowest BCUT2D eigenvalue weighted by atomic mass is 9.99. The molecular weight excluding hydrogens is 184 g/mol. The van der Waals surface area contributed by atoms with E-state index in [0.29, 0.717) is 0 Å². The van der Waals surface area contributed by atoms with Gasteiger partial charge in [-0.1, -0.05) is 18.1 Å². The number of hydrogen-bond acceptors (Lipinski definition) is 1. The van der Waals surface area contributed by atoms with Crippen LogP contribution in [0.15, 0.2) is 18.1 Å². The van der Waals surface area contributed by atoms with E-state index in [4.69, 9.17) is 23.9 Å². The van der Waals surface area contributed by atoms with Crippen LogP contribution in [-0.4, -0.2) is 11.7 Å². The molecule has 1 aromatic carbocycles. The zero-order chi connectivity index (χ0) is 17.5. The Hall–Kier alpha value is -0.820. The molecule has 13 heavy (non-hydrogen) atoms. The molecule has 0 atom stereocenters. The Morgan fingerprint density at radius 3 is 2.62 bits per heavy atom. The van der Waals surface area contributed by atoms with Crippen molar-refractivity contribution in [3.8, 4) is 0 Å². The van der Waals surface area contributed by atoms with Crippen LogP contribution in [0.3, 0.4) is 0 Å². The lowest BCUT2D eigenvalue weighted by molar-refractivity contribution is -0.116. The molecule has 1 aromatic rings. The molecule has 0 radical (unpaired) electrons. The molecule has 0 heterocycles. The number of Topliss-reactive ketones (excluding diaryl/α,β-unsaturated/α-hetero) is 1. The van der Waals surface area contributed by atoms with Crippen molar-refractivity contribution in [1.82, 2.24) is 0 Å². The Morgan fingerprint density at radius 1 is 1.54 bits per heavy atom. The summed E-state index contributed by atoms with van der Waals surface area (Å²) in [5.41, 5.74) is -1.78. The molecule has 0 aliphatic carbocycles. The molecule has 0 saturated heterocycles. The van der Waals surface area contributed by atoms with Crippen LogP contribution in [-0.2, 0) is 11.2 Å². The molecule has 2 heteroatoms. The third kappa shape index (κ3) is 2.56. The second-order valence-corrected chi connectivity index (χ2v) is 2.72. The van der Waals surface area contributed by atoms with Crippen molar-refractivity contribution in [2.45, 2.75) is 20.1 Å². The third-order valence-corrected chi connectivity index (χ3v) is 1.80. The van der Waals surface area contributed by atoms with Crippen molar-refractivity contribution in [1.29, 1.82) is 0 Å². The Bertz CT molecular complexity index is 562. The van der Waals surface area contributed by atoms with Gasteiger partial charge in [-0.2, -0.15) is 0 Å². The van der Waals surface area contributed by atoms with Crippen molar-refractivity contribution >= 4 is 17.4 Å². The highest BCUT2D eigenvalue weighted by Crippen LogP contribution is 2.14. The predicted molar refractivity (Wildman–Crippen MR) is 55.3 cm³/mol. The average molecular weight is 206 g/mol. The van der Waals surface area contributed by atoms with Gasteiger partial charge in [-0.15, -0.1) is 11.6 Å². The molecule has 0 aliphatic rings. The number of carbonyl (C=O) groups is 1. The van der Waals surface area contributed by atoms with Gasteiger partial charge in [0, 0.05) is 14.6 Å². The maximum absolute atomic E-state index is 11.6. The Morgan fingerprint density at radius 2 is 2.15 bits per heavy atom. The summed E-state index contributed by atoms with van der Waals surface area (Å²) in [7, 11) is 0. The van der Waals surface area contributed by atoms with E-state index in [1.807, 2.05) is 0 Å². The summed E-state index contributed by atoms with van der Waals surface area (Å²) < 4.78 is 67.9. The first kappa shape index (κ1) is 3.39. The summed E-state index contributed by atoms with van der Waals surface area (Å²) >= 11 is 5.38. The van der Waals surface area contributed by atoms with Gasteiger partial charge in [-0.25, -0.2) is 0 Å². The molecule has 0 bridgehead atoms. The van der Waals surface area contributed by atoms with Gasteiger partial charge in [0.15, 0.2) is 5.78 Å². The minimum atomic E-state index is -2.89. The first-order valence-electron chi connectivity index (χ1n) is 8.03. The lowest BCUT2D eigenvalue weighted by Crippen LogP contribution is -2.06. The molecule has 1 nitrogen and oxygen atoms in total. The zero-order valence-electron chi connectivity index (χ0n) is 15.7. The summed E-state index contributed by atoms with van der Waals surface area (Å²) in [4.78, 5) is 11.6. The van der Waals surface area contributed by atoms with E-state index in [0.717, 1.165) is 0 Å². The van der Waals surface area contributed by atoms with E-state index < -0.39 is 66.6 Å². The van der Waals surface area contributed by atoms with Crippen LogP contribution in [0.5, 0.6) is 0 Å². The van der Waals surface area contributed by atoms with Gasteiger partial charge in [0.05, 0.1) is 9.99 Å². The van der Waals surface area contributed by atoms with E-state index in [9.17, 15) is 4.79 Å². The van der Waals surface area contributed by atoms with Gasteiger partial charge in [-0.05, 0) is 30.4 Å². The van der Waals surface area contributed by atoms with E-state index in [1.54, 1.807) is 0 Å². The van der Waals surface area contributed by atoms with Gasteiger partial charge >= 0.3 is 0 Å². The first-order chi connectivity index (χ1) is 9.82. The molecule has 0 N–H and O–H groups in total. The van der Waals surface area contributed by atoms with Gasteiger partial charge in [0.2, 0.25) is 0 Å². The van der Waals surface area contributed by atoms with Crippen LogP contribution in [0.25, 0.3) is 0 Å². The van der Waals surface area contributed by atoms with Gasteiger partial charge < -0.3 is 0 Å². The highest BCUT2D eigenvalue weighted by Gasteiger charge is 2.06. The second kappa shape index (κ2) is 4.43. The fourth-order valence-electron chi connectivity index (χ4n) is 0.853. The Balaban J connectivity index is 3.90. The summed E-state index contributed by atoms with van der Waals surface area (Å²) in [6, 6.07) is -2.33. The smallest absolute Gasteiger partial charge is 0.151 e. The number of benzene rings is 1. The van der Waals surface area contributed by atoms with Crippen molar-refractivity contribution in [3.63, 3.8) is 0 Å². The normalized spacial score (nSPS) is 22.1. The minimum absolute atomic E-state index is 0.420. The molecule has 1 rings (SSSR count). The molecule has 70 valence electrons. The number of carbonyl (C=O) groups excluding carboxylic acids is 1. The maximum Gasteiger partial charge on any atom is 0.151 e. The number of halogens is 1. The highest BCUT2D eigenvalue weighted by molar-refractivity contribution is 6.27. The SMILES string of the molecule is [2H]c1c([2H])c(C([2H])([2H])[2H])c(CC(=O)CCl)c(C([2H])([2H])[2H])c1[2H]. The van der Waals surface area contributed by atoms with Gasteiger partial charge in [0.25, 0.3) is 0 Å². The molecule has 0 amide bonds. The summed E-state index contributed by atoms with van der Waals surface area (Å²) in [6.45, 7) is -5.77. The first-order valence-corrected chi connectivity index (χ1v) is 4.07. The van der Waals surface area contributed by atoms with E-state index in [-0.39, 0.29) is 0 Å². The molecule has 0 aliphatic heterocycles. The monoisotopic (exact) mass is 205 g/mol. The summed E-state index contributed by atoms with van der Waals surface area (Å²) in [6.07, 6.45) is -0.608. The zero-order valence-corrected chi connectivity index (χ0v) is 7.46. The second-order valence-electron chi connectivity index (χ2n) is 2.45. The summed E-state index contributed by atoms with van der Waals surface area (Å²) in [5.74, 6) is -1.08. The number of hydrogen-bond donors (Lipinski definition) is 0. The number of ketones is 1. The van der Waals surface area contributed by atoms with E-state index in [1.165, 1.54) is 0 Å². The summed E-state index contributed by atoms with van der Waals surface area (Å²) in [5, 5.41) is 0. The van der Waals surface area contributed by atoms with Gasteiger partial charge in [-0.3, -0.25) is 4.79 Å². The Kier molecular flexibility index (Phi) is 1.16. The van der Waals surface area contributed by atoms with Gasteiger partial charge in [0.1, 0.15) is 0 Å². The average Bonchev–Trinajstić information content (AvgIpc) is 2.32. The molecule has 0 aromatic heterocycles.